The molecule has 37 heavy (non-hydrogen) atoms. The molecule has 0 amide bonds. The number of hydrogen-bond donors (Lipinski definition) is 3. The summed E-state index contributed by atoms with van der Waals surface area (Å²) in [6.45, 7) is 1.88. The van der Waals surface area contributed by atoms with Crippen molar-refractivity contribution in [2.75, 3.05) is 23.0 Å². The SMILES string of the molecule is CNc1nccc(-c2cccnc2Oc2ccc(NC(=S)Nc3cccc(SC(F)(F)F)c3)cc2C)n1. The van der Waals surface area contributed by atoms with Crippen LogP contribution in [0.4, 0.5) is 30.5 Å². The molecule has 0 saturated heterocycles. The van der Waals surface area contributed by atoms with E-state index in [0.717, 1.165) is 5.56 Å². The zero-order valence-electron chi connectivity index (χ0n) is 19.6. The summed E-state index contributed by atoms with van der Waals surface area (Å²) < 4.78 is 44.1. The number of thioether (sulfide) groups is 1. The molecule has 2 aromatic carbocycles. The molecule has 0 atom stereocenters. The molecule has 0 bridgehead atoms. The van der Waals surface area contributed by atoms with Crippen LogP contribution in [0.15, 0.2) is 78.0 Å². The van der Waals surface area contributed by atoms with Gasteiger partial charge in [-0.3, -0.25) is 0 Å². The molecule has 0 radical (unpaired) electrons. The Kier molecular flexibility index (Phi) is 8.09. The summed E-state index contributed by atoms with van der Waals surface area (Å²) in [5.74, 6) is 1.46. The largest absolute Gasteiger partial charge is 0.446 e. The average Bonchev–Trinajstić information content (AvgIpc) is 2.85. The number of hydrogen-bond acceptors (Lipinski definition) is 7. The van der Waals surface area contributed by atoms with Gasteiger partial charge in [0.25, 0.3) is 0 Å². The maximum atomic E-state index is 12.7. The molecule has 0 spiro atoms. The van der Waals surface area contributed by atoms with Crippen molar-refractivity contribution in [3.8, 4) is 22.9 Å². The van der Waals surface area contributed by atoms with Crippen molar-refractivity contribution < 1.29 is 17.9 Å². The minimum Gasteiger partial charge on any atom is -0.438 e. The molecule has 0 saturated carbocycles. The highest BCUT2D eigenvalue weighted by molar-refractivity contribution is 8.00. The number of nitrogens with one attached hydrogen (secondary N) is 3. The number of anilines is 3. The minimum atomic E-state index is -4.36. The van der Waals surface area contributed by atoms with E-state index < -0.39 is 5.51 Å². The number of benzene rings is 2. The lowest BCUT2D eigenvalue weighted by atomic mass is 10.2. The Morgan fingerprint density at radius 1 is 0.946 bits per heavy atom. The first-order valence-electron chi connectivity index (χ1n) is 10.9. The van der Waals surface area contributed by atoms with E-state index in [4.69, 9.17) is 17.0 Å². The Morgan fingerprint density at radius 2 is 1.73 bits per heavy atom. The van der Waals surface area contributed by atoms with Crippen LogP contribution in [-0.4, -0.2) is 32.6 Å². The van der Waals surface area contributed by atoms with Crippen molar-refractivity contribution in [2.45, 2.75) is 17.3 Å². The number of nitrogens with zero attached hydrogens (tertiary/aromatic N) is 3. The quantitative estimate of drug-likeness (QED) is 0.167. The second-order valence-corrected chi connectivity index (χ2v) is 9.16. The standard InChI is InChI=1S/C25H21F3N6OS2/c1-15-13-17(33-24(36)32-16-5-3-6-18(14-16)37-25(26,27)28)8-9-21(15)35-22-19(7-4-11-30-22)20-10-12-31-23(29-2)34-20/h3-14H,1-2H3,(H,29,31,34)(H2,32,33,36). The van der Waals surface area contributed by atoms with E-state index in [1.54, 1.807) is 49.8 Å². The highest BCUT2D eigenvalue weighted by atomic mass is 32.2. The molecular formula is C25H21F3N6OS2. The fraction of sp³-hybridized carbons (Fsp3) is 0.120. The molecule has 2 aromatic heterocycles. The fourth-order valence-electron chi connectivity index (χ4n) is 3.31. The van der Waals surface area contributed by atoms with Crippen molar-refractivity contribution in [3.05, 3.63) is 78.6 Å². The van der Waals surface area contributed by atoms with Gasteiger partial charge in [0.05, 0.1) is 11.3 Å². The van der Waals surface area contributed by atoms with Crippen LogP contribution in [0.1, 0.15) is 5.56 Å². The van der Waals surface area contributed by atoms with Crippen LogP contribution in [-0.2, 0) is 0 Å². The second-order valence-electron chi connectivity index (χ2n) is 7.61. The summed E-state index contributed by atoms with van der Waals surface area (Å²) in [5, 5.41) is 9.09. The third-order valence-electron chi connectivity index (χ3n) is 4.89. The van der Waals surface area contributed by atoms with Gasteiger partial charge in [0.2, 0.25) is 11.8 Å². The van der Waals surface area contributed by atoms with Gasteiger partial charge >= 0.3 is 5.51 Å². The molecule has 4 rings (SSSR count). The highest BCUT2D eigenvalue weighted by Crippen LogP contribution is 2.37. The van der Waals surface area contributed by atoms with Crippen LogP contribution in [0.25, 0.3) is 11.3 Å². The first-order valence-corrected chi connectivity index (χ1v) is 12.1. The molecular weight excluding hydrogens is 521 g/mol. The Morgan fingerprint density at radius 3 is 2.46 bits per heavy atom. The van der Waals surface area contributed by atoms with E-state index in [2.05, 4.69) is 30.9 Å². The number of thiocarbonyl (C=S) groups is 1. The van der Waals surface area contributed by atoms with Gasteiger partial charge in [0.1, 0.15) is 5.75 Å². The van der Waals surface area contributed by atoms with E-state index in [1.165, 1.54) is 18.2 Å². The number of halogens is 3. The summed E-state index contributed by atoms with van der Waals surface area (Å²) in [5.41, 5.74) is -1.06. The monoisotopic (exact) mass is 542 g/mol. The topological polar surface area (TPSA) is 84.0 Å². The highest BCUT2D eigenvalue weighted by Gasteiger charge is 2.29. The first-order chi connectivity index (χ1) is 17.7. The molecule has 0 unspecified atom stereocenters. The number of rotatable bonds is 7. The predicted molar refractivity (Wildman–Crippen MR) is 144 cm³/mol. The van der Waals surface area contributed by atoms with Crippen molar-refractivity contribution in [1.82, 2.24) is 15.0 Å². The molecule has 2 heterocycles. The Bertz CT molecular complexity index is 1420. The lowest BCUT2D eigenvalue weighted by Gasteiger charge is -2.15. The zero-order chi connectivity index (χ0) is 26.4. The van der Waals surface area contributed by atoms with Gasteiger partial charge in [-0.2, -0.15) is 13.2 Å². The van der Waals surface area contributed by atoms with Crippen molar-refractivity contribution in [1.29, 1.82) is 0 Å². The molecule has 0 fully saturated rings. The minimum absolute atomic E-state index is 0.0654. The third-order valence-corrected chi connectivity index (χ3v) is 5.82. The maximum absolute atomic E-state index is 12.7. The molecule has 0 aliphatic heterocycles. The Hall–Kier alpha value is -3.90. The van der Waals surface area contributed by atoms with Crippen molar-refractivity contribution in [3.63, 3.8) is 0 Å². The zero-order valence-corrected chi connectivity index (χ0v) is 21.3. The van der Waals surface area contributed by atoms with Crippen LogP contribution in [0.3, 0.4) is 0 Å². The molecule has 4 aromatic rings. The molecule has 12 heteroatoms. The smallest absolute Gasteiger partial charge is 0.438 e. The predicted octanol–water partition coefficient (Wildman–Crippen LogP) is 7.10. The maximum Gasteiger partial charge on any atom is 0.446 e. The summed E-state index contributed by atoms with van der Waals surface area (Å²) in [6.07, 6.45) is 3.29. The lowest BCUT2D eigenvalue weighted by Crippen LogP contribution is -2.19. The van der Waals surface area contributed by atoms with Gasteiger partial charge in [-0.1, -0.05) is 6.07 Å². The molecule has 0 aliphatic rings. The summed E-state index contributed by atoms with van der Waals surface area (Å²) in [7, 11) is 1.74. The van der Waals surface area contributed by atoms with Gasteiger partial charge in [-0.15, -0.1) is 0 Å². The number of aromatic nitrogens is 3. The average molecular weight is 543 g/mol. The molecule has 7 nitrogen and oxygen atoms in total. The summed E-state index contributed by atoms with van der Waals surface area (Å²) >= 11 is 5.15. The van der Waals surface area contributed by atoms with Crippen molar-refractivity contribution in [2.24, 2.45) is 0 Å². The lowest BCUT2D eigenvalue weighted by molar-refractivity contribution is -0.0328. The third kappa shape index (κ3) is 7.30. The summed E-state index contributed by atoms with van der Waals surface area (Å²) in [4.78, 5) is 13.0. The fourth-order valence-corrected chi connectivity index (χ4v) is 4.14. The van der Waals surface area contributed by atoms with Crippen LogP contribution in [0, 0.1) is 6.92 Å². The van der Waals surface area contributed by atoms with E-state index in [0.29, 0.717) is 40.2 Å². The normalized spacial score (nSPS) is 11.1. The molecule has 190 valence electrons. The van der Waals surface area contributed by atoms with Gasteiger partial charge in [0.15, 0.2) is 5.11 Å². The van der Waals surface area contributed by atoms with Gasteiger partial charge in [-0.25, -0.2) is 15.0 Å². The van der Waals surface area contributed by atoms with Crippen LogP contribution in [0.2, 0.25) is 0 Å². The number of pyridine rings is 1. The number of alkyl halides is 3. The van der Waals surface area contributed by atoms with E-state index in [9.17, 15) is 13.2 Å². The first kappa shape index (κ1) is 26.2. The van der Waals surface area contributed by atoms with Gasteiger partial charge in [-0.05, 0) is 91.1 Å². The van der Waals surface area contributed by atoms with E-state index in [-0.39, 0.29) is 21.8 Å². The Balaban J connectivity index is 1.45. The second kappa shape index (κ2) is 11.4. The summed E-state index contributed by atoms with van der Waals surface area (Å²) in [6, 6.07) is 16.8. The number of aryl methyl sites for hydroxylation is 1. The van der Waals surface area contributed by atoms with Gasteiger partial charge in [0, 0.05) is 35.7 Å². The molecule has 0 aliphatic carbocycles. The number of ether oxygens (including phenoxy) is 1. The van der Waals surface area contributed by atoms with Gasteiger partial charge < -0.3 is 20.7 Å². The van der Waals surface area contributed by atoms with Crippen LogP contribution < -0.4 is 20.7 Å². The van der Waals surface area contributed by atoms with Crippen molar-refractivity contribution >= 4 is 46.4 Å². The van der Waals surface area contributed by atoms with Crippen LogP contribution in [0.5, 0.6) is 11.6 Å². The van der Waals surface area contributed by atoms with Crippen LogP contribution >= 0.6 is 24.0 Å². The van der Waals surface area contributed by atoms with E-state index >= 15 is 0 Å². The Labute approximate surface area is 220 Å². The van der Waals surface area contributed by atoms with E-state index in [1.807, 2.05) is 19.1 Å². The molecule has 3 N–H and O–H groups in total.